The third-order valence-electron chi connectivity index (χ3n) is 3.51. The Bertz CT molecular complexity index is 411. The average molecular weight is 265 g/mol. The third-order valence-corrected chi connectivity index (χ3v) is 4.54. The molecule has 0 spiro atoms. The normalized spacial score (nSPS) is 22.9. The minimum Gasteiger partial charge on any atom is -0.353 e. The van der Waals surface area contributed by atoms with Crippen molar-refractivity contribution in [1.29, 1.82) is 0 Å². The van der Waals surface area contributed by atoms with Gasteiger partial charge in [-0.25, -0.2) is 0 Å². The summed E-state index contributed by atoms with van der Waals surface area (Å²) in [5.41, 5.74) is 1.36. The fraction of sp³-hybridized carbons (Fsp3) is 0.643. The molecule has 0 saturated heterocycles. The van der Waals surface area contributed by atoms with E-state index in [0.29, 0.717) is 6.04 Å². The van der Waals surface area contributed by atoms with Crippen molar-refractivity contribution in [3.8, 4) is 0 Å². The minimum absolute atomic E-state index is 0.639. The molecule has 0 aromatic carbocycles. The van der Waals surface area contributed by atoms with Gasteiger partial charge in [-0.15, -0.1) is 11.3 Å². The molecule has 3 nitrogen and oxygen atoms in total. The van der Waals surface area contributed by atoms with Crippen molar-refractivity contribution in [2.75, 3.05) is 7.05 Å². The van der Waals surface area contributed by atoms with Crippen molar-refractivity contribution < 1.29 is 0 Å². The molecule has 2 N–H and O–H groups in total. The van der Waals surface area contributed by atoms with Crippen molar-refractivity contribution in [2.45, 2.75) is 45.7 Å². The molecule has 0 amide bonds. The minimum atomic E-state index is 0.639. The summed E-state index contributed by atoms with van der Waals surface area (Å²) in [6.45, 7) is 5.28. The summed E-state index contributed by atoms with van der Waals surface area (Å²) in [5.74, 6) is 1.79. The van der Waals surface area contributed by atoms with Crippen LogP contribution in [0, 0.1) is 12.8 Å². The van der Waals surface area contributed by atoms with E-state index in [-0.39, 0.29) is 0 Å². The second-order valence-corrected chi connectivity index (χ2v) is 5.99. The molecule has 1 aliphatic rings. The molecule has 1 aromatic heterocycles. The van der Waals surface area contributed by atoms with Crippen LogP contribution in [-0.4, -0.2) is 19.0 Å². The SMILES string of the molecule is CCCC1CC1NC(=NC)NCc1sccc1C. The Hall–Kier alpha value is -1.03. The number of nitrogens with zero attached hydrogens (tertiary/aromatic N) is 1. The van der Waals surface area contributed by atoms with Gasteiger partial charge in [-0.05, 0) is 42.7 Å². The van der Waals surface area contributed by atoms with Crippen LogP contribution in [-0.2, 0) is 6.54 Å². The van der Waals surface area contributed by atoms with Gasteiger partial charge in [0.2, 0.25) is 0 Å². The van der Waals surface area contributed by atoms with Crippen molar-refractivity contribution in [1.82, 2.24) is 10.6 Å². The lowest BCUT2D eigenvalue weighted by molar-refractivity contribution is 0.655. The second-order valence-electron chi connectivity index (χ2n) is 4.99. The molecule has 2 unspecified atom stereocenters. The Morgan fingerprint density at radius 3 is 3.00 bits per heavy atom. The fourth-order valence-electron chi connectivity index (χ4n) is 2.23. The first-order valence-corrected chi connectivity index (χ1v) is 7.62. The van der Waals surface area contributed by atoms with Crippen LogP contribution in [0.5, 0.6) is 0 Å². The molecule has 2 rings (SSSR count). The van der Waals surface area contributed by atoms with Gasteiger partial charge in [0.05, 0.1) is 6.54 Å². The topological polar surface area (TPSA) is 36.4 Å². The highest BCUT2D eigenvalue weighted by molar-refractivity contribution is 7.10. The van der Waals surface area contributed by atoms with Crippen molar-refractivity contribution in [3.63, 3.8) is 0 Å². The fourth-order valence-corrected chi connectivity index (χ4v) is 3.08. The smallest absolute Gasteiger partial charge is 0.191 e. The Morgan fingerprint density at radius 1 is 1.56 bits per heavy atom. The molecule has 1 heterocycles. The highest BCUT2D eigenvalue weighted by Crippen LogP contribution is 2.34. The first kappa shape index (κ1) is 13.4. The van der Waals surface area contributed by atoms with Gasteiger partial charge in [0.15, 0.2) is 5.96 Å². The molecular formula is C14H23N3S. The molecule has 0 aliphatic heterocycles. The highest BCUT2D eigenvalue weighted by atomic mass is 32.1. The molecule has 1 aliphatic carbocycles. The molecule has 1 aromatic rings. The maximum absolute atomic E-state index is 4.29. The monoisotopic (exact) mass is 265 g/mol. The van der Waals surface area contributed by atoms with E-state index >= 15 is 0 Å². The predicted octanol–water partition coefficient (Wildman–Crippen LogP) is 2.91. The predicted molar refractivity (Wildman–Crippen MR) is 79.2 cm³/mol. The lowest BCUT2D eigenvalue weighted by atomic mass is 10.2. The van der Waals surface area contributed by atoms with Gasteiger partial charge in [0.25, 0.3) is 0 Å². The summed E-state index contributed by atoms with van der Waals surface area (Å²) in [5, 5.41) is 9.04. The van der Waals surface area contributed by atoms with E-state index < -0.39 is 0 Å². The number of rotatable bonds is 5. The lowest BCUT2D eigenvalue weighted by Gasteiger charge is -2.11. The van der Waals surface area contributed by atoms with E-state index in [4.69, 9.17) is 0 Å². The number of hydrogen-bond donors (Lipinski definition) is 2. The van der Waals surface area contributed by atoms with E-state index in [1.807, 2.05) is 7.05 Å². The van der Waals surface area contributed by atoms with Crippen LogP contribution in [0.25, 0.3) is 0 Å². The van der Waals surface area contributed by atoms with Gasteiger partial charge < -0.3 is 10.6 Å². The van der Waals surface area contributed by atoms with E-state index in [1.165, 1.54) is 29.7 Å². The van der Waals surface area contributed by atoms with Gasteiger partial charge >= 0.3 is 0 Å². The molecule has 0 radical (unpaired) electrons. The molecular weight excluding hydrogens is 242 g/mol. The van der Waals surface area contributed by atoms with Crippen LogP contribution in [0.1, 0.15) is 36.6 Å². The molecule has 2 atom stereocenters. The average Bonchev–Trinajstić information content (AvgIpc) is 2.96. The second kappa shape index (κ2) is 6.23. The van der Waals surface area contributed by atoms with Crippen LogP contribution in [0.4, 0.5) is 0 Å². The first-order chi connectivity index (χ1) is 8.74. The summed E-state index contributed by atoms with van der Waals surface area (Å²) in [6.07, 6.45) is 3.91. The summed E-state index contributed by atoms with van der Waals surface area (Å²) < 4.78 is 0. The summed E-state index contributed by atoms with van der Waals surface area (Å²) in [7, 11) is 1.84. The van der Waals surface area contributed by atoms with Gasteiger partial charge in [0, 0.05) is 18.0 Å². The number of thiophene rings is 1. The largest absolute Gasteiger partial charge is 0.353 e. The molecule has 1 saturated carbocycles. The number of hydrogen-bond acceptors (Lipinski definition) is 2. The van der Waals surface area contributed by atoms with Gasteiger partial charge in [-0.2, -0.15) is 0 Å². The van der Waals surface area contributed by atoms with Gasteiger partial charge in [-0.1, -0.05) is 13.3 Å². The molecule has 100 valence electrons. The van der Waals surface area contributed by atoms with E-state index in [9.17, 15) is 0 Å². The Labute approximate surface area is 114 Å². The Kier molecular flexibility index (Phi) is 4.64. The molecule has 0 bridgehead atoms. The quantitative estimate of drug-likeness (QED) is 0.634. The first-order valence-electron chi connectivity index (χ1n) is 6.74. The molecule has 4 heteroatoms. The number of nitrogens with one attached hydrogen (secondary N) is 2. The zero-order chi connectivity index (χ0) is 13.0. The van der Waals surface area contributed by atoms with Crippen molar-refractivity contribution in [2.24, 2.45) is 10.9 Å². The lowest BCUT2D eigenvalue weighted by Crippen LogP contribution is -2.38. The zero-order valence-corrected chi connectivity index (χ0v) is 12.3. The van der Waals surface area contributed by atoms with Crippen molar-refractivity contribution in [3.05, 3.63) is 21.9 Å². The van der Waals surface area contributed by atoms with Crippen molar-refractivity contribution >= 4 is 17.3 Å². The summed E-state index contributed by atoms with van der Waals surface area (Å²) >= 11 is 1.80. The highest BCUT2D eigenvalue weighted by Gasteiger charge is 2.36. The van der Waals surface area contributed by atoms with Crippen LogP contribution in [0.3, 0.4) is 0 Å². The standard InChI is InChI=1S/C14H23N3S/c1-4-5-11-8-12(11)17-14(15-3)16-9-13-10(2)6-7-18-13/h6-7,11-12H,4-5,8-9H2,1-3H3,(H2,15,16,17). The van der Waals surface area contributed by atoms with Crippen LogP contribution < -0.4 is 10.6 Å². The van der Waals surface area contributed by atoms with Crippen LogP contribution in [0.15, 0.2) is 16.4 Å². The summed E-state index contributed by atoms with van der Waals surface area (Å²) in [6, 6.07) is 2.80. The molecule has 18 heavy (non-hydrogen) atoms. The van der Waals surface area contributed by atoms with E-state index in [0.717, 1.165) is 18.4 Å². The van der Waals surface area contributed by atoms with Gasteiger partial charge in [-0.3, -0.25) is 4.99 Å². The third kappa shape index (κ3) is 3.48. The number of aliphatic imine (C=N–C) groups is 1. The number of aryl methyl sites for hydroxylation is 1. The summed E-state index contributed by atoms with van der Waals surface area (Å²) in [4.78, 5) is 5.68. The Balaban J connectivity index is 1.76. The van der Waals surface area contributed by atoms with E-state index in [2.05, 4.69) is 40.9 Å². The Morgan fingerprint density at radius 2 is 2.39 bits per heavy atom. The zero-order valence-electron chi connectivity index (χ0n) is 11.5. The van der Waals surface area contributed by atoms with Crippen LogP contribution in [0.2, 0.25) is 0 Å². The molecule has 1 fully saturated rings. The number of guanidine groups is 1. The maximum Gasteiger partial charge on any atom is 0.191 e. The van der Waals surface area contributed by atoms with Gasteiger partial charge in [0.1, 0.15) is 0 Å². The van der Waals surface area contributed by atoms with Crippen LogP contribution >= 0.6 is 11.3 Å². The maximum atomic E-state index is 4.29. The van der Waals surface area contributed by atoms with E-state index in [1.54, 1.807) is 11.3 Å².